The van der Waals surface area contributed by atoms with E-state index in [0.29, 0.717) is 0 Å². The lowest BCUT2D eigenvalue weighted by Gasteiger charge is -2.24. The van der Waals surface area contributed by atoms with Crippen LogP contribution in [0, 0.1) is 0 Å². The van der Waals surface area contributed by atoms with Crippen molar-refractivity contribution in [2.45, 2.75) is 90.4 Å². The molecule has 0 N–H and O–H groups in total. The first-order valence-electron chi connectivity index (χ1n) is 11.5. The van der Waals surface area contributed by atoms with E-state index in [0.717, 1.165) is 36.8 Å². The monoisotopic (exact) mass is 472 g/mol. The summed E-state index contributed by atoms with van der Waals surface area (Å²) >= 11 is 0. The fraction of sp³-hybridized carbons (Fsp3) is 0.464. The standard InChI is InChI=1S/C28H40O4S/c1-21(2)13-11-15-23(5)19-27(32-25(7)29)28(20-24(6)16-12-14-22(3)4)33(30,31)26-17-9-8-10-18-26/h8-10,13-14,17-20,27-28H,11-12,15-16H2,1-7H3/b23-19+,24-20+. The Labute approximate surface area is 201 Å². The normalized spacial score (nSPS) is 14.3. The van der Waals surface area contributed by atoms with Crippen LogP contribution in [0.1, 0.15) is 74.1 Å². The second kappa shape index (κ2) is 14.0. The molecule has 0 aliphatic heterocycles. The molecule has 0 aromatic heterocycles. The first-order valence-corrected chi connectivity index (χ1v) is 13.1. The van der Waals surface area contributed by atoms with E-state index >= 15 is 0 Å². The van der Waals surface area contributed by atoms with Gasteiger partial charge in [-0.05, 0) is 85.4 Å². The molecule has 33 heavy (non-hydrogen) atoms. The molecule has 5 heteroatoms. The Morgan fingerprint density at radius 3 is 1.76 bits per heavy atom. The minimum Gasteiger partial charge on any atom is -0.457 e. The molecule has 0 amide bonds. The number of ether oxygens (including phenoxy) is 1. The molecular weight excluding hydrogens is 432 g/mol. The summed E-state index contributed by atoms with van der Waals surface area (Å²) in [5.41, 5.74) is 4.40. The third kappa shape index (κ3) is 10.8. The van der Waals surface area contributed by atoms with Crippen molar-refractivity contribution in [2.75, 3.05) is 0 Å². The van der Waals surface area contributed by atoms with Gasteiger partial charge in [-0.2, -0.15) is 0 Å². The lowest BCUT2D eigenvalue weighted by molar-refractivity contribution is -0.143. The van der Waals surface area contributed by atoms with E-state index in [9.17, 15) is 13.2 Å². The first-order chi connectivity index (χ1) is 15.4. The lowest BCUT2D eigenvalue weighted by Crippen LogP contribution is -2.35. The van der Waals surface area contributed by atoms with Crippen molar-refractivity contribution in [1.82, 2.24) is 0 Å². The molecule has 2 unspecified atom stereocenters. The van der Waals surface area contributed by atoms with E-state index in [1.165, 1.54) is 18.1 Å². The number of carbonyl (C=O) groups excluding carboxylic acids is 1. The highest BCUT2D eigenvalue weighted by atomic mass is 32.2. The summed E-state index contributed by atoms with van der Waals surface area (Å²) in [4.78, 5) is 12.2. The number of rotatable bonds is 12. The number of benzene rings is 1. The topological polar surface area (TPSA) is 60.4 Å². The molecular formula is C28H40O4S. The summed E-state index contributed by atoms with van der Waals surface area (Å²) in [5.74, 6) is -0.503. The van der Waals surface area contributed by atoms with Crippen molar-refractivity contribution < 1.29 is 17.9 Å². The third-order valence-corrected chi connectivity index (χ3v) is 7.19. The highest BCUT2D eigenvalue weighted by molar-refractivity contribution is 7.92. The Hall–Kier alpha value is -2.40. The zero-order valence-electron chi connectivity index (χ0n) is 21.2. The molecule has 0 aliphatic carbocycles. The molecule has 2 atom stereocenters. The van der Waals surface area contributed by atoms with Crippen LogP contribution in [0.5, 0.6) is 0 Å². The van der Waals surface area contributed by atoms with Gasteiger partial charge >= 0.3 is 5.97 Å². The van der Waals surface area contributed by atoms with Gasteiger partial charge < -0.3 is 4.74 Å². The van der Waals surface area contributed by atoms with E-state index in [-0.39, 0.29) is 4.90 Å². The Balaban J connectivity index is 3.45. The summed E-state index contributed by atoms with van der Waals surface area (Å²) in [7, 11) is -3.79. The second-order valence-electron chi connectivity index (χ2n) is 9.06. The second-order valence-corrected chi connectivity index (χ2v) is 11.2. The summed E-state index contributed by atoms with van der Waals surface area (Å²) in [6.45, 7) is 13.4. The van der Waals surface area contributed by atoms with E-state index < -0.39 is 27.2 Å². The first kappa shape index (κ1) is 28.6. The molecule has 0 radical (unpaired) electrons. The average molecular weight is 473 g/mol. The van der Waals surface area contributed by atoms with Crippen LogP contribution in [0.2, 0.25) is 0 Å². The molecule has 182 valence electrons. The number of hydrogen-bond acceptors (Lipinski definition) is 4. The van der Waals surface area contributed by atoms with Crippen molar-refractivity contribution in [3.63, 3.8) is 0 Å². The molecule has 0 saturated heterocycles. The zero-order chi connectivity index (χ0) is 25.0. The molecule has 1 aromatic rings. The SMILES string of the molecule is CC(=O)OC(/C=C(\C)CCC=C(C)C)C(/C=C(\C)CCC=C(C)C)S(=O)(=O)c1ccccc1. The minimum absolute atomic E-state index is 0.219. The predicted molar refractivity (Wildman–Crippen MR) is 138 cm³/mol. The summed E-state index contributed by atoms with van der Waals surface area (Å²) in [6, 6.07) is 8.37. The fourth-order valence-electron chi connectivity index (χ4n) is 3.42. The van der Waals surface area contributed by atoms with Crippen LogP contribution in [0.3, 0.4) is 0 Å². The molecule has 0 fully saturated rings. The fourth-order valence-corrected chi connectivity index (χ4v) is 5.17. The number of hydrogen-bond donors (Lipinski definition) is 0. The van der Waals surface area contributed by atoms with Crippen LogP contribution in [0.15, 0.2) is 81.8 Å². The van der Waals surface area contributed by atoms with E-state index in [4.69, 9.17) is 4.74 Å². The maximum atomic E-state index is 13.7. The van der Waals surface area contributed by atoms with E-state index in [1.54, 1.807) is 42.5 Å². The summed E-state index contributed by atoms with van der Waals surface area (Å²) in [6.07, 6.45) is 10.1. The number of sulfone groups is 1. The van der Waals surface area contributed by atoms with E-state index in [1.807, 2.05) is 41.5 Å². The van der Waals surface area contributed by atoms with Crippen molar-refractivity contribution >= 4 is 15.8 Å². The summed E-state index contributed by atoms with van der Waals surface area (Å²) in [5, 5.41) is -1.01. The highest BCUT2D eigenvalue weighted by Crippen LogP contribution is 2.25. The van der Waals surface area contributed by atoms with Gasteiger partial charge in [0.05, 0.1) is 4.90 Å². The quantitative estimate of drug-likeness (QED) is 0.239. The molecule has 0 saturated carbocycles. The largest absolute Gasteiger partial charge is 0.457 e. The lowest BCUT2D eigenvalue weighted by atomic mass is 10.0. The molecule has 0 spiro atoms. The van der Waals surface area contributed by atoms with Gasteiger partial charge in [0.25, 0.3) is 0 Å². The molecule has 0 heterocycles. The Morgan fingerprint density at radius 1 is 0.818 bits per heavy atom. The van der Waals surface area contributed by atoms with Crippen LogP contribution in [-0.4, -0.2) is 25.7 Å². The van der Waals surface area contributed by atoms with Gasteiger partial charge in [-0.15, -0.1) is 0 Å². The van der Waals surface area contributed by atoms with Crippen molar-refractivity contribution in [3.8, 4) is 0 Å². The molecule has 1 aromatic carbocycles. The minimum atomic E-state index is -3.79. The number of allylic oxidation sites excluding steroid dienone is 6. The van der Waals surface area contributed by atoms with Crippen molar-refractivity contribution in [2.24, 2.45) is 0 Å². The smallest absolute Gasteiger partial charge is 0.303 e. The average Bonchev–Trinajstić information content (AvgIpc) is 2.71. The highest BCUT2D eigenvalue weighted by Gasteiger charge is 2.34. The Morgan fingerprint density at radius 2 is 1.30 bits per heavy atom. The van der Waals surface area contributed by atoms with Gasteiger partial charge in [-0.3, -0.25) is 4.79 Å². The van der Waals surface area contributed by atoms with Crippen LogP contribution < -0.4 is 0 Å². The Kier molecular flexibility index (Phi) is 12.1. The van der Waals surface area contributed by atoms with Gasteiger partial charge in [0, 0.05) is 6.92 Å². The van der Waals surface area contributed by atoms with Crippen LogP contribution in [-0.2, 0) is 19.4 Å². The predicted octanol–water partition coefficient (Wildman–Crippen LogP) is 7.15. The van der Waals surface area contributed by atoms with E-state index in [2.05, 4.69) is 12.2 Å². The van der Waals surface area contributed by atoms with Crippen molar-refractivity contribution in [3.05, 3.63) is 76.9 Å². The maximum Gasteiger partial charge on any atom is 0.303 e. The zero-order valence-corrected chi connectivity index (χ0v) is 22.0. The van der Waals surface area contributed by atoms with Crippen LogP contribution in [0.25, 0.3) is 0 Å². The van der Waals surface area contributed by atoms with Gasteiger partial charge in [0.15, 0.2) is 9.84 Å². The van der Waals surface area contributed by atoms with Gasteiger partial charge in [-0.25, -0.2) is 8.42 Å². The van der Waals surface area contributed by atoms with Gasteiger partial charge in [0.2, 0.25) is 0 Å². The molecule has 4 nitrogen and oxygen atoms in total. The summed E-state index contributed by atoms with van der Waals surface area (Å²) < 4.78 is 32.9. The van der Waals surface area contributed by atoms with Crippen LogP contribution >= 0.6 is 0 Å². The van der Waals surface area contributed by atoms with Gasteiger partial charge in [0.1, 0.15) is 11.4 Å². The van der Waals surface area contributed by atoms with Crippen LogP contribution in [0.4, 0.5) is 0 Å². The molecule has 0 bridgehead atoms. The third-order valence-electron chi connectivity index (χ3n) is 5.14. The number of esters is 1. The molecule has 1 rings (SSSR count). The molecule has 0 aliphatic rings. The number of carbonyl (C=O) groups is 1. The van der Waals surface area contributed by atoms with Gasteiger partial charge in [-0.1, -0.05) is 58.7 Å². The van der Waals surface area contributed by atoms with Crippen molar-refractivity contribution in [1.29, 1.82) is 0 Å². The Bertz CT molecular complexity index is 988. The maximum absolute atomic E-state index is 13.7.